The summed E-state index contributed by atoms with van der Waals surface area (Å²) >= 11 is 3.29. The average molecular weight is 361 g/mol. The Hall–Kier alpha value is -0.0800. The molecule has 3 heterocycles. The minimum atomic E-state index is -3.34. The highest BCUT2D eigenvalue weighted by atomic mass is 32.2. The van der Waals surface area contributed by atoms with Crippen LogP contribution in [0.15, 0.2) is 16.3 Å². The van der Waals surface area contributed by atoms with Gasteiger partial charge in [-0.2, -0.15) is 16.1 Å². The van der Waals surface area contributed by atoms with Gasteiger partial charge in [-0.05, 0) is 57.2 Å². The predicted molar refractivity (Wildman–Crippen MR) is 94.4 cm³/mol. The Bertz CT molecular complexity index is 594. The monoisotopic (exact) mass is 360 g/mol. The third-order valence-electron chi connectivity index (χ3n) is 4.33. The van der Waals surface area contributed by atoms with E-state index >= 15 is 0 Å². The maximum atomic E-state index is 13.0. The van der Waals surface area contributed by atoms with Gasteiger partial charge in [0.05, 0.1) is 0 Å². The molecule has 1 unspecified atom stereocenters. The van der Waals surface area contributed by atoms with Crippen molar-refractivity contribution >= 4 is 33.1 Å². The molecule has 0 spiro atoms. The quantitative estimate of drug-likeness (QED) is 0.828. The second-order valence-corrected chi connectivity index (χ2v) is 10.6. The summed E-state index contributed by atoms with van der Waals surface area (Å²) in [5.41, 5.74) is 0. The molecule has 1 aromatic heterocycles. The summed E-state index contributed by atoms with van der Waals surface area (Å²) in [5.74, 6) is 1.98. The fourth-order valence-corrected chi connectivity index (χ4v) is 7.42. The third kappa shape index (κ3) is 3.70. The largest absolute Gasteiger partial charge is 0.302 e. The molecule has 0 saturated carbocycles. The van der Waals surface area contributed by atoms with Crippen molar-refractivity contribution in [1.29, 1.82) is 0 Å². The van der Waals surface area contributed by atoms with E-state index in [1.165, 1.54) is 24.2 Å². The highest BCUT2D eigenvalue weighted by Gasteiger charge is 2.34. The smallest absolute Gasteiger partial charge is 0.252 e. The summed E-state index contributed by atoms with van der Waals surface area (Å²) in [6, 6.07) is 3.78. The number of thioether (sulfide) groups is 1. The van der Waals surface area contributed by atoms with Crippen LogP contribution in [0.5, 0.6) is 0 Å². The van der Waals surface area contributed by atoms with E-state index in [-0.39, 0.29) is 6.04 Å². The SMILES string of the molecule is Cc1ccc(S(=O)(=O)N2CCCSCC2CN2CCCC2)s1. The van der Waals surface area contributed by atoms with Gasteiger partial charge in [-0.3, -0.25) is 0 Å². The number of likely N-dealkylation sites (tertiary alicyclic amines) is 1. The van der Waals surface area contributed by atoms with Crippen molar-refractivity contribution in [3.8, 4) is 0 Å². The van der Waals surface area contributed by atoms with E-state index in [9.17, 15) is 8.42 Å². The molecular weight excluding hydrogens is 336 g/mol. The van der Waals surface area contributed by atoms with Crippen molar-refractivity contribution in [1.82, 2.24) is 9.21 Å². The lowest BCUT2D eigenvalue weighted by molar-refractivity contribution is 0.243. The number of rotatable bonds is 4. The zero-order valence-corrected chi connectivity index (χ0v) is 15.5. The lowest BCUT2D eigenvalue weighted by Gasteiger charge is -2.31. The maximum Gasteiger partial charge on any atom is 0.252 e. The predicted octanol–water partition coefficient (Wildman–Crippen LogP) is 2.65. The van der Waals surface area contributed by atoms with Gasteiger partial charge in [0, 0.05) is 29.8 Å². The molecule has 2 aliphatic heterocycles. The van der Waals surface area contributed by atoms with Crippen LogP contribution in [0.1, 0.15) is 24.1 Å². The molecule has 1 aromatic rings. The van der Waals surface area contributed by atoms with E-state index in [1.807, 2.05) is 24.8 Å². The summed E-state index contributed by atoms with van der Waals surface area (Å²) in [5, 5.41) is 0. The molecule has 124 valence electrons. The van der Waals surface area contributed by atoms with Crippen LogP contribution in [0.25, 0.3) is 0 Å². The summed E-state index contributed by atoms with van der Waals surface area (Å²) in [4.78, 5) is 3.48. The maximum absolute atomic E-state index is 13.0. The van der Waals surface area contributed by atoms with Gasteiger partial charge in [0.15, 0.2) is 0 Å². The molecule has 0 amide bonds. The van der Waals surface area contributed by atoms with Crippen molar-refractivity contribution in [2.75, 3.05) is 37.7 Å². The second-order valence-electron chi connectivity index (χ2n) is 6.07. The van der Waals surface area contributed by atoms with E-state index in [0.717, 1.165) is 42.4 Å². The summed E-state index contributed by atoms with van der Waals surface area (Å²) < 4.78 is 28.4. The van der Waals surface area contributed by atoms with Crippen LogP contribution in [0.3, 0.4) is 0 Å². The first kappa shape index (κ1) is 16.8. The Morgan fingerprint density at radius 2 is 1.95 bits per heavy atom. The number of aryl methyl sites for hydroxylation is 1. The fraction of sp³-hybridized carbons (Fsp3) is 0.733. The van der Waals surface area contributed by atoms with E-state index in [1.54, 1.807) is 10.4 Å². The highest BCUT2D eigenvalue weighted by Crippen LogP contribution is 2.29. The molecule has 0 aliphatic carbocycles. The minimum Gasteiger partial charge on any atom is -0.302 e. The molecule has 2 fully saturated rings. The molecule has 7 heteroatoms. The fourth-order valence-electron chi connectivity index (χ4n) is 3.20. The van der Waals surface area contributed by atoms with Crippen LogP contribution in [-0.4, -0.2) is 61.3 Å². The number of sulfonamides is 1. The molecule has 0 radical (unpaired) electrons. The van der Waals surface area contributed by atoms with Crippen LogP contribution in [0.4, 0.5) is 0 Å². The number of nitrogens with zero attached hydrogens (tertiary/aromatic N) is 2. The lowest BCUT2D eigenvalue weighted by atomic mass is 10.3. The zero-order chi connectivity index (χ0) is 15.6. The molecule has 2 saturated heterocycles. The van der Waals surface area contributed by atoms with Crippen molar-refractivity contribution in [3.05, 3.63) is 17.0 Å². The highest BCUT2D eigenvalue weighted by molar-refractivity contribution is 7.99. The molecular formula is C15H24N2O2S3. The van der Waals surface area contributed by atoms with Crippen LogP contribution < -0.4 is 0 Å². The topological polar surface area (TPSA) is 40.6 Å². The van der Waals surface area contributed by atoms with Gasteiger partial charge in [0.25, 0.3) is 10.0 Å². The molecule has 1 atom stereocenters. The van der Waals surface area contributed by atoms with Gasteiger partial charge < -0.3 is 4.90 Å². The molecule has 4 nitrogen and oxygen atoms in total. The van der Waals surface area contributed by atoms with Gasteiger partial charge in [0.2, 0.25) is 0 Å². The normalized spacial score (nSPS) is 25.4. The summed E-state index contributed by atoms with van der Waals surface area (Å²) in [6.07, 6.45) is 3.44. The average Bonchev–Trinajstić information content (AvgIpc) is 3.07. The summed E-state index contributed by atoms with van der Waals surface area (Å²) in [7, 11) is -3.34. The van der Waals surface area contributed by atoms with Gasteiger partial charge in [-0.15, -0.1) is 11.3 Å². The first-order valence-corrected chi connectivity index (χ1v) is 11.4. The van der Waals surface area contributed by atoms with E-state index in [4.69, 9.17) is 0 Å². The first-order chi connectivity index (χ1) is 10.6. The molecule has 2 aliphatic rings. The Kier molecular flexibility index (Phi) is 5.50. The molecule has 0 bridgehead atoms. The van der Waals surface area contributed by atoms with E-state index in [2.05, 4.69) is 4.90 Å². The van der Waals surface area contributed by atoms with E-state index < -0.39 is 10.0 Å². The standard InChI is InChI=1S/C15H24N2O2S3/c1-13-5-6-15(21-13)22(18,19)17-9-4-10-20-12-14(17)11-16-7-2-3-8-16/h5-6,14H,2-4,7-12H2,1H3. The Balaban J connectivity index is 1.82. The van der Waals surface area contributed by atoms with Crippen LogP contribution in [0.2, 0.25) is 0 Å². The van der Waals surface area contributed by atoms with Crippen molar-refractivity contribution in [3.63, 3.8) is 0 Å². The van der Waals surface area contributed by atoms with Crippen molar-refractivity contribution < 1.29 is 8.42 Å². The first-order valence-electron chi connectivity index (χ1n) is 7.96. The summed E-state index contributed by atoms with van der Waals surface area (Å²) in [6.45, 7) is 5.74. The second kappa shape index (κ2) is 7.21. The minimum absolute atomic E-state index is 0.109. The van der Waals surface area contributed by atoms with Crippen molar-refractivity contribution in [2.24, 2.45) is 0 Å². The zero-order valence-electron chi connectivity index (χ0n) is 13.0. The Morgan fingerprint density at radius 3 is 2.64 bits per heavy atom. The molecule has 3 rings (SSSR count). The van der Waals surface area contributed by atoms with E-state index in [0.29, 0.717) is 10.8 Å². The lowest BCUT2D eigenvalue weighted by Crippen LogP contribution is -2.47. The van der Waals surface area contributed by atoms with Gasteiger partial charge in [0.1, 0.15) is 4.21 Å². The van der Waals surface area contributed by atoms with Crippen LogP contribution >= 0.6 is 23.1 Å². The number of thiophene rings is 1. The molecule has 0 N–H and O–H groups in total. The number of hydrogen-bond acceptors (Lipinski definition) is 5. The van der Waals surface area contributed by atoms with Gasteiger partial charge in [-0.1, -0.05) is 0 Å². The molecule has 22 heavy (non-hydrogen) atoms. The van der Waals surface area contributed by atoms with Crippen LogP contribution in [-0.2, 0) is 10.0 Å². The Labute approximate surface area is 141 Å². The van der Waals surface area contributed by atoms with Gasteiger partial charge in [-0.25, -0.2) is 8.42 Å². The Morgan fingerprint density at radius 1 is 1.18 bits per heavy atom. The van der Waals surface area contributed by atoms with Gasteiger partial charge >= 0.3 is 0 Å². The molecule has 0 aromatic carbocycles. The van der Waals surface area contributed by atoms with Crippen LogP contribution in [0, 0.1) is 6.92 Å². The third-order valence-corrected chi connectivity index (χ3v) is 8.95. The number of hydrogen-bond donors (Lipinski definition) is 0. The van der Waals surface area contributed by atoms with Crippen molar-refractivity contribution in [2.45, 2.75) is 36.4 Å².